The number of halogens is 1. The Balaban J connectivity index is 1.88. The van der Waals surface area contributed by atoms with E-state index in [0.29, 0.717) is 6.61 Å². The van der Waals surface area contributed by atoms with Gasteiger partial charge in [0.25, 0.3) is 0 Å². The second-order valence-corrected chi connectivity index (χ2v) is 4.55. The van der Waals surface area contributed by atoms with Crippen LogP contribution in [0.25, 0.3) is 0 Å². The average molecular weight is 239 g/mol. The van der Waals surface area contributed by atoms with Gasteiger partial charge in [-0.15, -0.1) is 0 Å². The van der Waals surface area contributed by atoms with Crippen LogP contribution in [0.4, 0.5) is 0 Å². The topological polar surface area (TPSA) is 26.3 Å². The summed E-state index contributed by atoms with van der Waals surface area (Å²) in [5.41, 5.74) is 1.13. The number of hydrogen-bond donors (Lipinski definition) is 0. The molecular weight excluding hydrogens is 224 g/mol. The summed E-state index contributed by atoms with van der Waals surface area (Å²) in [7, 11) is 0. The highest BCUT2D eigenvalue weighted by Gasteiger charge is 2.32. The fraction of sp³-hybridized carbons (Fsp3) is 0.462. The van der Waals surface area contributed by atoms with Crippen LogP contribution >= 0.6 is 11.6 Å². The van der Waals surface area contributed by atoms with E-state index in [1.165, 1.54) is 0 Å². The van der Waals surface area contributed by atoms with Crippen LogP contribution in [-0.4, -0.2) is 11.3 Å². The fourth-order valence-corrected chi connectivity index (χ4v) is 2.41. The van der Waals surface area contributed by atoms with Crippen LogP contribution in [0, 0.1) is 5.92 Å². The van der Waals surface area contributed by atoms with Crippen molar-refractivity contribution >= 4 is 16.8 Å². The van der Waals surface area contributed by atoms with E-state index in [0.717, 1.165) is 24.8 Å². The minimum Gasteiger partial charge on any atom is -0.373 e. The number of carbonyl (C=O) groups is 1. The summed E-state index contributed by atoms with van der Waals surface area (Å²) in [6, 6.07) is 9.98. The molecule has 0 heterocycles. The fourth-order valence-electron chi connectivity index (χ4n) is 2.16. The van der Waals surface area contributed by atoms with Crippen molar-refractivity contribution in [3.05, 3.63) is 35.9 Å². The monoisotopic (exact) mass is 238 g/mol. The van der Waals surface area contributed by atoms with Crippen molar-refractivity contribution in [1.82, 2.24) is 0 Å². The van der Waals surface area contributed by atoms with Crippen molar-refractivity contribution in [1.29, 1.82) is 0 Å². The lowest BCUT2D eigenvalue weighted by atomic mass is 10.1. The van der Waals surface area contributed by atoms with E-state index < -0.39 is 0 Å². The second kappa shape index (κ2) is 5.46. The Labute approximate surface area is 101 Å². The van der Waals surface area contributed by atoms with Gasteiger partial charge in [-0.05, 0) is 36.4 Å². The molecule has 2 atom stereocenters. The molecule has 0 spiro atoms. The zero-order valence-corrected chi connectivity index (χ0v) is 9.82. The van der Waals surface area contributed by atoms with Gasteiger partial charge in [0, 0.05) is 0 Å². The van der Waals surface area contributed by atoms with Gasteiger partial charge in [-0.2, -0.15) is 0 Å². The van der Waals surface area contributed by atoms with Gasteiger partial charge in [0.2, 0.25) is 5.24 Å². The first kappa shape index (κ1) is 11.6. The third-order valence-corrected chi connectivity index (χ3v) is 3.33. The first-order valence-corrected chi connectivity index (χ1v) is 6.00. The van der Waals surface area contributed by atoms with Gasteiger partial charge in [-0.3, -0.25) is 4.79 Å². The molecule has 2 nitrogen and oxygen atoms in total. The molecule has 0 aromatic heterocycles. The van der Waals surface area contributed by atoms with Gasteiger partial charge in [0.15, 0.2) is 0 Å². The lowest BCUT2D eigenvalue weighted by Crippen LogP contribution is -2.22. The van der Waals surface area contributed by atoms with Gasteiger partial charge >= 0.3 is 0 Å². The van der Waals surface area contributed by atoms with Crippen LogP contribution in [0.2, 0.25) is 0 Å². The summed E-state index contributed by atoms with van der Waals surface area (Å²) in [6.07, 6.45) is 2.84. The minimum atomic E-state index is -0.254. The molecule has 16 heavy (non-hydrogen) atoms. The Kier molecular flexibility index (Phi) is 3.97. The van der Waals surface area contributed by atoms with Crippen molar-refractivity contribution < 1.29 is 9.53 Å². The number of benzene rings is 1. The van der Waals surface area contributed by atoms with E-state index in [2.05, 4.69) is 0 Å². The number of ether oxygens (including phenoxy) is 1. The van der Waals surface area contributed by atoms with Gasteiger partial charge in [0.05, 0.1) is 18.6 Å². The summed E-state index contributed by atoms with van der Waals surface area (Å²) >= 11 is 5.54. The van der Waals surface area contributed by atoms with Crippen molar-refractivity contribution in [2.24, 2.45) is 5.92 Å². The van der Waals surface area contributed by atoms with Crippen LogP contribution in [0.1, 0.15) is 24.8 Å². The molecule has 0 bridgehead atoms. The Bertz CT molecular complexity index is 350. The first-order chi connectivity index (χ1) is 7.77. The van der Waals surface area contributed by atoms with E-state index in [1.54, 1.807) is 0 Å². The molecule has 0 N–H and O–H groups in total. The SMILES string of the molecule is O=C(Cl)C1CCCC1OCc1ccccc1. The van der Waals surface area contributed by atoms with Crippen molar-refractivity contribution in [3.63, 3.8) is 0 Å². The van der Waals surface area contributed by atoms with Crippen LogP contribution in [0.15, 0.2) is 30.3 Å². The third kappa shape index (κ3) is 2.83. The summed E-state index contributed by atoms with van der Waals surface area (Å²) in [5, 5.41) is -0.254. The summed E-state index contributed by atoms with van der Waals surface area (Å²) < 4.78 is 5.76. The molecule has 1 aliphatic carbocycles. The highest BCUT2D eigenvalue weighted by atomic mass is 35.5. The zero-order valence-electron chi connectivity index (χ0n) is 9.06. The lowest BCUT2D eigenvalue weighted by molar-refractivity contribution is -0.119. The summed E-state index contributed by atoms with van der Waals surface area (Å²) in [4.78, 5) is 11.2. The standard InChI is InChI=1S/C13H15ClO2/c14-13(15)11-7-4-8-12(11)16-9-10-5-2-1-3-6-10/h1-3,5-6,11-12H,4,7-9H2. The van der Waals surface area contributed by atoms with Gasteiger partial charge in [-0.25, -0.2) is 0 Å². The number of carbonyl (C=O) groups excluding carboxylic acids is 1. The third-order valence-electron chi connectivity index (χ3n) is 3.05. The average Bonchev–Trinajstić information content (AvgIpc) is 2.76. The normalized spacial score (nSPS) is 24.6. The second-order valence-electron chi connectivity index (χ2n) is 4.18. The first-order valence-electron chi connectivity index (χ1n) is 5.62. The quantitative estimate of drug-likeness (QED) is 0.754. The minimum absolute atomic E-state index is 0.00482. The molecule has 86 valence electrons. The molecule has 3 heteroatoms. The summed E-state index contributed by atoms with van der Waals surface area (Å²) in [6.45, 7) is 0.562. The molecule has 1 fully saturated rings. The van der Waals surface area contributed by atoms with E-state index in [9.17, 15) is 4.79 Å². The highest BCUT2D eigenvalue weighted by molar-refractivity contribution is 6.64. The van der Waals surface area contributed by atoms with Gasteiger partial charge in [0.1, 0.15) is 0 Å². The molecule has 2 unspecified atom stereocenters. The molecule has 0 saturated heterocycles. The Morgan fingerprint density at radius 1 is 1.31 bits per heavy atom. The van der Waals surface area contributed by atoms with Crippen molar-refractivity contribution in [2.75, 3.05) is 0 Å². The zero-order chi connectivity index (χ0) is 11.4. The van der Waals surface area contributed by atoms with Crippen molar-refractivity contribution in [3.8, 4) is 0 Å². The molecular formula is C13H15ClO2. The largest absolute Gasteiger partial charge is 0.373 e. The number of rotatable bonds is 4. The molecule has 0 amide bonds. The van der Waals surface area contributed by atoms with E-state index in [1.807, 2.05) is 30.3 Å². The lowest BCUT2D eigenvalue weighted by Gasteiger charge is -2.16. The van der Waals surface area contributed by atoms with E-state index >= 15 is 0 Å². The van der Waals surface area contributed by atoms with Crippen LogP contribution in [-0.2, 0) is 16.1 Å². The van der Waals surface area contributed by atoms with Crippen molar-refractivity contribution in [2.45, 2.75) is 32.0 Å². The highest BCUT2D eigenvalue weighted by Crippen LogP contribution is 2.30. The maximum atomic E-state index is 11.2. The molecule has 0 radical (unpaired) electrons. The molecule has 1 saturated carbocycles. The summed E-state index contributed by atoms with van der Waals surface area (Å²) in [5.74, 6) is -0.106. The van der Waals surface area contributed by atoms with E-state index in [4.69, 9.17) is 16.3 Å². The van der Waals surface area contributed by atoms with E-state index in [-0.39, 0.29) is 17.3 Å². The Morgan fingerprint density at radius 3 is 2.75 bits per heavy atom. The molecule has 1 aliphatic rings. The Morgan fingerprint density at radius 2 is 2.06 bits per heavy atom. The maximum absolute atomic E-state index is 11.2. The molecule has 1 aromatic rings. The van der Waals surface area contributed by atoms with Crippen LogP contribution in [0.3, 0.4) is 0 Å². The Hall–Kier alpha value is -0.860. The van der Waals surface area contributed by atoms with Crippen LogP contribution in [0.5, 0.6) is 0 Å². The predicted octanol–water partition coefficient (Wildman–Crippen LogP) is 3.14. The van der Waals surface area contributed by atoms with Crippen LogP contribution < -0.4 is 0 Å². The molecule has 0 aliphatic heterocycles. The van der Waals surface area contributed by atoms with Gasteiger partial charge < -0.3 is 4.74 Å². The smallest absolute Gasteiger partial charge is 0.227 e. The maximum Gasteiger partial charge on any atom is 0.227 e. The predicted molar refractivity (Wildman–Crippen MR) is 63.2 cm³/mol. The van der Waals surface area contributed by atoms with Gasteiger partial charge in [-0.1, -0.05) is 30.3 Å². The molecule has 1 aromatic carbocycles. The molecule has 2 rings (SSSR count). The number of hydrogen-bond acceptors (Lipinski definition) is 2.